The number of hydrogen-bond donors (Lipinski definition) is 2. The Labute approximate surface area is 98.6 Å². The van der Waals surface area contributed by atoms with E-state index in [1.165, 1.54) is 44.9 Å². The van der Waals surface area contributed by atoms with Gasteiger partial charge < -0.3 is 15.2 Å². The van der Waals surface area contributed by atoms with Crippen LogP contribution in [-0.2, 0) is 4.74 Å². The zero-order chi connectivity index (χ0) is 11.3. The third-order valence-electron chi connectivity index (χ3n) is 3.99. The highest BCUT2D eigenvalue weighted by Gasteiger charge is 2.40. The molecule has 0 radical (unpaired) electrons. The molecule has 0 bridgehead atoms. The third-order valence-corrected chi connectivity index (χ3v) is 3.99. The first-order valence-electron chi connectivity index (χ1n) is 6.84. The average molecular weight is 227 g/mol. The summed E-state index contributed by atoms with van der Waals surface area (Å²) in [5.74, 6) is 0. The molecule has 0 aromatic rings. The molecule has 1 saturated heterocycles. The predicted octanol–water partition coefficient (Wildman–Crippen LogP) is 1.84. The van der Waals surface area contributed by atoms with Crippen LogP contribution < -0.4 is 5.32 Å². The highest BCUT2D eigenvalue weighted by Crippen LogP contribution is 2.41. The van der Waals surface area contributed by atoms with Gasteiger partial charge in [0.1, 0.15) is 0 Å². The van der Waals surface area contributed by atoms with Crippen LogP contribution in [0.5, 0.6) is 0 Å². The highest BCUT2D eigenvalue weighted by molar-refractivity contribution is 4.91. The van der Waals surface area contributed by atoms with E-state index in [0.29, 0.717) is 6.10 Å². The van der Waals surface area contributed by atoms with Crippen molar-refractivity contribution in [2.24, 2.45) is 0 Å². The molecule has 2 rings (SSSR count). The van der Waals surface area contributed by atoms with E-state index in [1.54, 1.807) is 0 Å². The van der Waals surface area contributed by atoms with Crippen molar-refractivity contribution in [2.75, 3.05) is 19.7 Å². The first-order valence-corrected chi connectivity index (χ1v) is 6.84. The van der Waals surface area contributed by atoms with Gasteiger partial charge in [-0.1, -0.05) is 19.3 Å². The lowest BCUT2D eigenvalue weighted by molar-refractivity contribution is -0.0623. The standard InChI is InChI=1S/C13H25NO2/c15-10-4-9-14-11-12-5-8-13(16-12)6-2-1-3-7-13/h12,14-15H,1-11H2. The van der Waals surface area contributed by atoms with Gasteiger partial charge in [0.2, 0.25) is 0 Å². The van der Waals surface area contributed by atoms with Crippen LogP contribution in [0.15, 0.2) is 0 Å². The van der Waals surface area contributed by atoms with E-state index < -0.39 is 0 Å². The lowest BCUT2D eigenvalue weighted by atomic mass is 9.83. The van der Waals surface area contributed by atoms with Crippen LogP contribution in [0.1, 0.15) is 51.4 Å². The van der Waals surface area contributed by atoms with Gasteiger partial charge in [-0.2, -0.15) is 0 Å². The van der Waals surface area contributed by atoms with E-state index in [4.69, 9.17) is 9.84 Å². The van der Waals surface area contributed by atoms with Gasteiger partial charge >= 0.3 is 0 Å². The normalized spacial score (nSPS) is 28.7. The molecule has 1 aliphatic carbocycles. The van der Waals surface area contributed by atoms with Gasteiger partial charge in [-0.15, -0.1) is 0 Å². The van der Waals surface area contributed by atoms with E-state index in [9.17, 15) is 0 Å². The molecule has 2 N–H and O–H groups in total. The summed E-state index contributed by atoms with van der Waals surface area (Å²) in [5, 5.41) is 12.1. The van der Waals surface area contributed by atoms with E-state index >= 15 is 0 Å². The Bertz CT molecular complexity index is 202. The Balaban J connectivity index is 1.66. The average Bonchev–Trinajstić information content (AvgIpc) is 2.69. The van der Waals surface area contributed by atoms with Gasteiger partial charge in [-0.05, 0) is 38.6 Å². The summed E-state index contributed by atoms with van der Waals surface area (Å²) in [6.45, 7) is 2.15. The minimum atomic E-state index is 0.252. The molecule has 1 saturated carbocycles. The second-order valence-electron chi connectivity index (χ2n) is 5.30. The molecule has 2 fully saturated rings. The quantitative estimate of drug-likeness (QED) is 0.704. The number of rotatable bonds is 5. The molecule has 0 aromatic carbocycles. The summed E-state index contributed by atoms with van der Waals surface area (Å²) < 4.78 is 6.25. The van der Waals surface area contributed by atoms with Crippen molar-refractivity contribution < 1.29 is 9.84 Å². The second kappa shape index (κ2) is 5.99. The Morgan fingerprint density at radius 2 is 2.00 bits per heavy atom. The summed E-state index contributed by atoms with van der Waals surface area (Å²) in [6, 6.07) is 0. The summed E-state index contributed by atoms with van der Waals surface area (Å²) >= 11 is 0. The van der Waals surface area contributed by atoms with Gasteiger partial charge in [-0.25, -0.2) is 0 Å². The number of ether oxygens (including phenoxy) is 1. The van der Waals surface area contributed by atoms with E-state index in [1.807, 2.05) is 0 Å². The Hall–Kier alpha value is -0.120. The molecule has 1 heterocycles. The van der Waals surface area contributed by atoms with Crippen molar-refractivity contribution >= 4 is 0 Å². The largest absolute Gasteiger partial charge is 0.396 e. The van der Waals surface area contributed by atoms with Crippen molar-refractivity contribution in [3.05, 3.63) is 0 Å². The fourth-order valence-corrected chi connectivity index (χ4v) is 3.07. The molecule has 0 aromatic heterocycles. The number of aliphatic hydroxyl groups is 1. The first-order chi connectivity index (χ1) is 7.85. The minimum absolute atomic E-state index is 0.252. The monoisotopic (exact) mass is 227 g/mol. The van der Waals surface area contributed by atoms with E-state index in [0.717, 1.165) is 19.5 Å². The summed E-state index contributed by atoms with van der Waals surface area (Å²) in [7, 11) is 0. The molecule has 3 heteroatoms. The molecule has 0 amide bonds. The van der Waals surface area contributed by atoms with Gasteiger partial charge in [-0.3, -0.25) is 0 Å². The van der Waals surface area contributed by atoms with Crippen molar-refractivity contribution in [3.8, 4) is 0 Å². The molecule has 1 atom stereocenters. The third kappa shape index (κ3) is 3.19. The van der Waals surface area contributed by atoms with Crippen molar-refractivity contribution in [2.45, 2.75) is 63.1 Å². The lowest BCUT2D eigenvalue weighted by Gasteiger charge is -2.33. The smallest absolute Gasteiger partial charge is 0.0708 e. The molecule has 2 aliphatic rings. The van der Waals surface area contributed by atoms with Crippen LogP contribution in [0.2, 0.25) is 0 Å². The fraction of sp³-hybridized carbons (Fsp3) is 1.00. The van der Waals surface area contributed by atoms with E-state index in [2.05, 4.69) is 5.32 Å². The second-order valence-corrected chi connectivity index (χ2v) is 5.30. The predicted molar refractivity (Wildman–Crippen MR) is 64.5 cm³/mol. The molecule has 1 unspecified atom stereocenters. The van der Waals surface area contributed by atoms with Gasteiger partial charge in [0, 0.05) is 13.2 Å². The van der Waals surface area contributed by atoms with Crippen molar-refractivity contribution in [1.82, 2.24) is 5.32 Å². The van der Waals surface area contributed by atoms with E-state index in [-0.39, 0.29) is 12.2 Å². The van der Waals surface area contributed by atoms with Gasteiger partial charge in [0.05, 0.1) is 11.7 Å². The highest BCUT2D eigenvalue weighted by atomic mass is 16.5. The zero-order valence-electron chi connectivity index (χ0n) is 10.2. The molecule has 3 nitrogen and oxygen atoms in total. The maximum Gasteiger partial charge on any atom is 0.0708 e. The maximum absolute atomic E-state index is 8.69. The minimum Gasteiger partial charge on any atom is -0.396 e. The molecule has 16 heavy (non-hydrogen) atoms. The fourth-order valence-electron chi connectivity index (χ4n) is 3.07. The number of aliphatic hydroxyl groups excluding tert-OH is 1. The zero-order valence-corrected chi connectivity index (χ0v) is 10.2. The van der Waals surface area contributed by atoms with Crippen LogP contribution in [0.4, 0.5) is 0 Å². The van der Waals surface area contributed by atoms with Gasteiger partial charge in [0.25, 0.3) is 0 Å². The summed E-state index contributed by atoms with van der Waals surface area (Å²) in [5.41, 5.74) is 0.252. The van der Waals surface area contributed by atoms with Crippen LogP contribution in [0, 0.1) is 0 Å². The lowest BCUT2D eigenvalue weighted by Crippen LogP contribution is -2.34. The summed E-state index contributed by atoms with van der Waals surface area (Å²) in [6.07, 6.45) is 10.4. The number of nitrogens with one attached hydrogen (secondary N) is 1. The molecule has 94 valence electrons. The Morgan fingerprint density at radius 1 is 1.19 bits per heavy atom. The van der Waals surface area contributed by atoms with Gasteiger partial charge in [0.15, 0.2) is 0 Å². The molecule has 1 spiro atoms. The van der Waals surface area contributed by atoms with Crippen LogP contribution in [-0.4, -0.2) is 36.5 Å². The number of hydrogen-bond acceptors (Lipinski definition) is 3. The maximum atomic E-state index is 8.69. The van der Waals surface area contributed by atoms with Crippen molar-refractivity contribution in [3.63, 3.8) is 0 Å². The summed E-state index contributed by atoms with van der Waals surface area (Å²) in [4.78, 5) is 0. The molecular weight excluding hydrogens is 202 g/mol. The molecular formula is C13H25NO2. The first kappa shape index (κ1) is 12.3. The van der Waals surface area contributed by atoms with Crippen molar-refractivity contribution in [1.29, 1.82) is 0 Å². The van der Waals surface area contributed by atoms with Crippen LogP contribution in [0.25, 0.3) is 0 Å². The van der Waals surface area contributed by atoms with Crippen LogP contribution in [0.3, 0.4) is 0 Å². The topological polar surface area (TPSA) is 41.5 Å². The SMILES string of the molecule is OCCCNCC1CCC2(CCCCC2)O1. The van der Waals surface area contributed by atoms with Crippen LogP contribution >= 0.6 is 0 Å². The Morgan fingerprint density at radius 3 is 2.75 bits per heavy atom. The molecule has 1 aliphatic heterocycles. The Kier molecular flexibility index (Phi) is 4.62.